The molecule has 3 N–H and O–H groups in total. The van der Waals surface area contributed by atoms with Gasteiger partial charge in [-0.15, -0.1) is 0 Å². The highest BCUT2D eigenvalue weighted by Crippen LogP contribution is 2.29. The predicted octanol–water partition coefficient (Wildman–Crippen LogP) is -0.248. The van der Waals surface area contributed by atoms with Crippen LogP contribution in [-0.4, -0.2) is 102 Å². The maximum absolute atomic E-state index is 13.1. The van der Waals surface area contributed by atoms with Crippen LogP contribution in [0, 0.1) is 0 Å². The molecule has 0 aliphatic carbocycles. The van der Waals surface area contributed by atoms with E-state index < -0.39 is 10.0 Å². The van der Waals surface area contributed by atoms with Crippen molar-refractivity contribution in [3.05, 3.63) is 23.8 Å². The van der Waals surface area contributed by atoms with Gasteiger partial charge in [0.1, 0.15) is 0 Å². The lowest BCUT2D eigenvalue weighted by molar-refractivity contribution is -0.122. The smallest absolute Gasteiger partial charge is 0.254 e. The summed E-state index contributed by atoms with van der Waals surface area (Å²) in [6, 6.07) is 5.21. The lowest BCUT2D eigenvalue weighted by Gasteiger charge is -2.35. The zero-order chi connectivity index (χ0) is 23.1. The normalized spacial score (nSPS) is 17.8. The summed E-state index contributed by atoms with van der Waals surface area (Å²) in [5, 5.41) is 6.15. The fraction of sp³-hybridized carbons (Fsp3) is 0.619. The van der Waals surface area contributed by atoms with Crippen molar-refractivity contribution in [3.63, 3.8) is 0 Å². The molecule has 178 valence electrons. The molecule has 2 fully saturated rings. The number of carbonyl (C=O) groups is 2. The van der Waals surface area contributed by atoms with E-state index in [-0.39, 0.29) is 11.8 Å². The van der Waals surface area contributed by atoms with Crippen molar-refractivity contribution in [1.82, 2.24) is 20.4 Å². The van der Waals surface area contributed by atoms with Gasteiger partial charge >= 0.3 is 0 Å². The van der Waals surface area contributed by atoms with Crippen molar-refractivity contribution < 1.29 is 18.0 Å². The number of carbonyl (C=O) groups excluding carboxylic acids is 2. The number of rotatable bonds is 8. The monoisotopic (exact) mass is 466 g/mol. The van der Waals surface area contributed by atoms with Gasteiger partial charge in [-0.3, -0.25) is 19.2 Å². The molecule has 2 saturated heterocycles. The van der Waals surface area contributed by atoms with E-state index in [4.69, 9.17) is 0 Å². The second-order valence-electron chi connectivity index (χ2n) is 8.26. The fourth-order valence-corrected chi connectivity index (χ4v) is 4.51. The van der Waals surface area contributed by atoms with E-state index in [1.54, 1.807) is 17.0 Å². The van der Waals surface area contributed by atoms with E-state index in [1.807, 2.05) is 17.9 Å². The summed E-state index contributed by atoms with van der Waals surface area (Å²) in [4.78, 5) is 30.9. The van der Waals surface area contributed by atoms with Crippen molar-refractivity contribution in [1.29, 1.82) is 0 Å². The van der Waals surface area contributed by atoms with Gasteiger partial charge in [0.25, 0.3) is 5.91 Å². The molecule has 2 heterocycles. The van der Waals surface area contributed by atoms with Crippen molar-refractivity contribution in [2.75, 3.05) is 81.3 Å². The molecule has 32 heavy (non-hydrogen) atoms. The van der Waals surface area contributed by atoms with E-state index in [1.165, 1.54) is 0 Å². The highest BCUT2D eigenvalue weighted by Gasteiger charge is 2.25. The van der Waals surface area contributed by atoms with Crippen molar-refractivity contribution >= 4 is 33.2 Å². The lowest BCUT2D eigenvalue weighted by Crippen LogP contribution is -2.51. The van der Waals surface area contributed by atoms with Crippen LogP contribution in [0.1, 0.15) is 23.7 Å². The molecule has 2 aliphatic rings. The van der Waals surface area contributed by atoms with Gasteiger partial charge in [0.2, 0.25) is 15.9 Å². The van der Waals surface area contributed by atoms with Gasteiger partial charge < -0.3 is 20.4 Å². The maximum atomic E-state index is 13.1. The zero-order valence-corrected chi connectivity index (χ0v) is 19.7. The van der Waals surface area contributed by atoms with Gasteiger partial charge in [0.15, 0.2) is 0 Å². The number of amides is 2. The molecule has 11 heteroatoms. The highest BCUT2D eigenvalue weighted by molar-refractivity contribution is 7.92. The Labute approximate surface area is 190 Å². The average Bonchev–Trinajstić information content (AvgIpc) is 2.77. The van der Waals surface area contributed by atoms with Gasteiger partial charge in [-0.05, 0) is 24.6 Å². The molecule has 0 bridgehead atoms. The molecule has 1 aromatic rings. The van der Waals surface area contributed by atoms with Crippen molar-refractivity contribution in [3.8, 4) is 0 Å². The Hall–Kier alpha value is -2.37. The Morgan fingerprint density at radius 2 is 1.75 bits per heavy atom. The molecule has 2 amide bonds. The van der Waals surface area contributed by atoms with Crippen LogP contribution in [0.15, 0.2) is 18.2 Å². The first kappa shape index (κ1) is 24.3. The maximum Gasteiger partial charge on any atom is 0.254 e. The summed E-state index contributed by atoms with van der Waals surface area (Å²) in [7, 11) is -3.49. The highest BCUT2D eigenvalue weighted by atomic mass is 32.2. The minimum Gasteiger partial charge on any atom is -0.367 e. The van der Waals surface area contributed by atoms with E-state index in [2.05, 4.69) is 20.3 Å². The second-order valence-corrected chi connectivity index (χ2v) is 10.0. The van der Waals surface area contributed by atoms with E-state index in [0.29, 0.717) is 50.5 Å². The molecular weight excluding hydrogens is 432 g/mol. The topological polar surface area (TPSA) is 114 Å². The third-order valence-corrected chi connectivity index (χ3v) is 6.19. The van der Waals surface area contributed by atoms with Gasteiger partial charge in [0.05, 0.1) is 24.2 Å². The Bertz CT molecular complexity index is 909. The lowest BCUT2D eigenvalue weighted by atomic mass is 10.1. The van der Waals surface area contributed by atoms with Crippen LogP contribution in [0.2, 0.25) is 0 Å². The summed E-state index contributed by atoms with van der Waals surface area (Å²) in [5.74, 6) is -0.130. The standard InChI is InChI=1S/C21H34N6O4S/c1-3-6-23-20(28)16-25-11-13-27(14-12-25)21(29)17-4-5-19(26-9-7-22-8-10-26)18(15-17)24-32(2,30)31/h4-5,15,22,24H,3,6-14,16H2,1-2H3,(H,23,28). The van der Waals surface area contributed by atoms with Crippen LogP contribution in [0.5, 0.6) is 0 Å². The first-order chi connectivity index (χ1) is 15.3. The fourth-order valence-electron chi connectivity index (χ4n) is 3.95. The van der Waals surface area contributed by atoms with Gasteiger partial charge in [-0.1, -0.05) is 6.92 Å². The number of piperazine rings is 2. The van der Waals surface area contributed by atoms with Crippen LogP contribution < -0.4 is 20.3 Å². The predicted molar refractivity (Wildman–Crippen MR) is 126 cm³/mol. The van der Waals surface area contributed by atoms with Crippen LogP contribution in [0.3, 0.4) is 0 Å². The van der Waals surface area contributed by atoms with Gasteiger partial charge in [-0.2, -0.15) is 0 Å². The molecular formula is C21H34N6O4S. The molecule has 0 atom stereocenters. The Balaban J connectivity index is 1.67. The number of hydrogen-bond donors (Lipinski definition) is 3. The Morgan fingerprint density at radius 3 is 2.38 bits per heavy atom. The minimum absolute atomic E-state index is 0.00613. The van der Waals surface area contributed by atoms with Crippen LogP contribution in [0.25, 0.3) is 0 Å². The molecule has 0 aromatic heterocycles. The molecule has 0 spiro atoms. The van der Waals surface area contributed by atoms with Crippen LogP contribution >= 0.6 is 0 Å². The molecule has 0 saturated carbocycles. The summed E-state index contributed by atoms with van der Waals surface area (Å²) in [6.45, 7) is 8.48. The zero-order valence-electron chi connectivity index (χ0n) is 18.9. The molecule has 1 aromatic carbocycles. The van der Waals surface area contributed by atoms with Crippen molar-refractivity contribution in [2.24, 2.45) is 0 Å². The van der Waals surface area contributed by atoms with Crippen LogP contribution in [0.4, 0.5) is 11.4 Å². The first-order valence-corrected chi connectivity index (χ1v) is 13.0. The Kier molecular flexibility index (Phi) is 8.32. The number of nitrogens with one attached hydrogen (secondary N) is 3. The van der Waals surface area contributed by atoms with Crippen molar-refractivity contribution in [2.45, 2.75) is 13.3 Å². The molecule has 2 aliphatic heterocycles. The Morgan fingerprint density at radius 1 is 1.06 bits per heavy atom. The summed E-state index contributed by atoms with van der Waals surface area (Å²) in [6.07, 6.45) is 2.01. The van der Waals surface area contributed by atoms with Crippen LogP contribution in [-0.2, 0) is 14.8 Å². The summed E-state index contributed by atoms with van der Waals surface area (Å²) < 4.78 is 26.4. The molecule has 3 rings (SSSR count). The van der Waals surface area contributed by atoms with Gasteiger partial charge in [-0.25, -0.2) is 8.42 Å². The second kappa shape index (κ2) is 11.0. The third-order valence-electron chi connectivity index (χ3n) is 5.60. The largest absolute Gasteiger partial charge is 0.367 e. The van der Waals surface area contributed by atoms with E-state index >= 15 is 0 Å². The molecule has 0 unspecified atom stereocenters. The number of anilines is 2. The van der Waals surface area contributed by atoms with Gasteiger partial charge in [0, 0.05) is 64.5 Å². The molecule has 0 radical (unpaired) electrons. The summed E-state index contributed by atoms with van der Waals surface area (Å²) in [5.41, 5.74) is 1.65. The SMILES string of the molecule is CCCNC(=O)CN1CCN(C(=O)c2ccc(N3CCNCC3)c(NS(C)(=O)=O)c2)CC1. The number of hydrogen-bond acceptors (Lipinski definition) is 7. The first-order valence-electron chi connectivity index (χ1n) is 11.1. The minimum atomic E-state index is -3.49. The van der Waals surface area contributed by atoms with E-state index in [0.717, 1.165) is 44.5 Å². The average molecular weight is 467 g/mol. The third kappa shape index (κ3) is 6.81. The van der Waals surface area contributed by atoms with E-state index in [9.17, 15) is 18.0 Å². The number of benzene rings is 1. The number of sulfonamides is 1. The molecule has 10 nitrogen and oxygen atoms in total. The quantitative estimate of drug-likeness (QED) is 0.484. The summed E-state index contributed by atoms with van der Waals surface area (Å²) >= 11 is 0. The number of nitrogens with zero attached hydrogens (tertiary/aromatic N) is 3.